The molecule has 0 radical (unpaired) electrons. The van der Waals surface area contributed by atoms with Crippen molar-refractivity contribution in [1.82, 2.24) is 9.13 Å². The Morgan fingerprint density at radius 3 is 1.29 bits per heavy atom. The van der Waals surface area contributed by atoms with E-state index in [1.165, 1.54) is 40.3 Å². The molecule has 0 spiro atoms. The van der Waals surface area contributed by atoms with Crippen LogP contribution < -0.4 is 0 Å². The van der Waals surface area contributed by atoms with Crippen LogP contribution in [0.3, 0.4) is 0 Å². The molecule has 0 saturated carbocycles. The van der Waals surface area contributed by atoms with E-state index in [1.54, 1.807) is 0 Å². The molecular weight excluding hydrogens is 889 g/mol. The fourth-order valence-corrected chi connectivity index (χ4v) is 13.6. The second kappa shape index (κ2) is 14.7. The molecule has 0 aliphatic carbocycles. The maximum atomic E-state index is 11.3. The quantitative estimate of drug-likeness (QED) is 0.162. The summed E-state index contributed by atoms with van der Waals surface area (Å²) < 4.78 is 9.53. The Labute approximate surface area is 408 Å². The molecule has 0 bridgehead atoms. The zero-order valence-electron chi connectivity index (χ0n) is 37.2. The number of fused-ring (bicyclic) bond motifs is 16. The zero-order chi connectivity index (χ0) is 46.2. The number of nitriles is 1. The van der Waals surface area contributed by atoms with Crippen molar-refractivity contribution in [2.75, 3.05) is 0 Å². The van der Waals surface area contributed by atoms with E-state index in [9.17, 15) is 5.26 Å². The Balaban J connectivity index is 0.951. The number of hydrogen-bond donors (Lipinski definition) is 0. The van der Waals surface area contributed by atoms with Crippen molar-refractivity contribution in [3.8, 4) is 39.7 Å². The summed E-state index contributed by atoms with van der Waals surface area (Å²) in [5, 5.41) is 25.3. The average Bonchev–Trinajstić information content (AvgIpc) is 4.17. The van der Waals surface area contributed by atoms with Crippen molar-refractivity contribution in [3.05, 3.63) is 223 Å². The molecule has 0 atom stereocenters. The summed E-state index contributed by atoms with van der Waals surface area (Å²) in [6.07, 6.45) is 0. The Hall–Kier alpha value is -9.04. The van der Waals surface area contributed by atoms with Crippen LogP contribution in [-0.2, 0) is 0 Å². The van der Waals surface area contributed by atoms with E-state index in [4.69, 9.17) is 6.57 Å². The lowest BCUT2D eigenvalue weighted by Gasteiger charge is -2.16. The molecule has 0 fully saturated rings. The van der Waals surface area contributed by atoms with Crippen LogP contribution in [0.15, 0.2) is 206 Å². The van der Waals surface area contributed by atoms with Gasteiger partial charge in [0.05, 0.1) is 45.6 Å². The number of nitrogens with zero attached hydrogens (tertiary/aromatic N) is 4. The summed E-state index contributed by atoms with van der Waals surface area (Å²) in [5.41, 5.74) is 10.8. The third-order valence-corrected chi connectivity index (χ3v) is 16.8. The third kappa shape index (κ3) is 5.55. The van der Waals surface area contributed by atoms with E-state index in [0.29, 0.717) is 22.6 Å². The van der Waals surface area contributed by atoms with Crippen LogP contribution in [0, 0.1) is 17.9 Å². The van der Waals surface area contributed by atoms with Gasteiger partial charge in [0, 0.05) is 61.9 Å². The first-order chi connectivity index (χ1) is 34.6. The SMILES string of the molecule is [C-]#[N+]c1cc(-n2c3ccc(-c4ccc5sc6ccccc6c5c4)cc3c3c4ccccc4ccc32)c(C#N)cc1-n1c2ccc(-c3ccc4sc5ccccc5c4c3)cc2c2c3ccccc3ccc21. The molecule has 4 aromatic heterocycles. The minimum absolute atomic E-state index is 0.462. The summed E-state index contributed by atoms with van der Waals surface area (Å²) in [5.74, 6) is 0. The van der Waals surface area contributed by atoms with Crippen LogP contribution in [0.1, 0.15) is 5.56 Å². The van der Waals surface area contributed by atoms with Gasteiger partial charge in [-0.2, -0.15) is 5.26 Å². The van der Waals surface area contributed by atoms with Gasteiger partial charge in [-0.3, -0.25) is 0 Å². The molecule has 70 heavy (non-hydrogen) atoms. The van der Waals surface area contributed by atoms with E-state index < -0.39 is 0 Å². The van der Waals surface area contributed by atoms with E-state index >= 15 is 0 Å². The largest absolute Gasteiger partial charge is 0.319 e. The van der Waals surface area contributed by atoms with Gasteiger partial charge >= 0.3 is 0 Å². The molecule has 0 aliphatic heterocycles. The Bertz CT molecular complexity index is 4560. The van der Waals surface area contributed by atoms with Crippen LogP contribution in [-0.4, -0.2) is 9.13 Å². The predicted octanol–water partition coefficient (Wildman–Crippen LogP) is 18.7. The fraction of sp³-hybridized carbons (Fsp3) is 0. The van der Waals surface area contributed by atoms with Gasteiger partial charge in [-0.05, 0) is 129 Å². The summed E-state index contributed by atoms with van der Waals surface area (Å²) in [6.45, 7) is 8.81. The average molecular weight is 923 g/mol. The van der Waals surface area contributed by atoms with Crippen LogP contribution in [0.2, 0.25) is 0 Å². The third-order valence-electron chi connectivity index (χ3n) is 14.5. The molecule has 0 amide bonds. The van der Waals surface area contributed by atoms with Crippen LogP contribution in [0.4, 0.5) is 5.69 Å². The maximum absolute atomic E-state index is 11.3. The van der Waals surface area contributed by atoms with Crippen molar-refractivity contribution in [2.24, 2.45) is 0 Å². The molecule has 4 heterocycles. The zero-order valence-corrected chi connectivity index (χ0v) is 38.9. The van der Waals surface area contributed by atoms with Crippen molar-refractivity contribution < 1.29 is 0 Å². The molecule has 322 valence electrons. The lowest BCUT2D eigenvalue weighted by molar-refractivity contribution is 1.14. The number of rotatable bonds is 4. The second-order valence-electron chi connectivity index (χ2n) is 18.2. The minimum Gasteiger partial charge on any atom is -0.319 e. The summed E-state index contributed by atoms with van der Waals surface area (Å²) >= 11 is 3.66. The van der Waals surface area contributed by atoms with Gasteiger partial charge in [0.2, 0.25) is 5.69 Å². The predicted molar refractivity (Wildman–Crippen MR) is 298 cm³/mol. The molecule has 11 aromatic carbocycles. The van der Waals surface area contributed by atoms with Gasteiger partial charge < -0.3 is 9.13 Å². The standard InChI is InChI=1S/C64H34N4S2/c1-66-52-35-57(67-53-24-20-39(32-50(53)63-44-12-4-2-10-37(44)18-26-55(63)67)41-22-28-61-48(30-41)46-14-6-8-16-59(46)69-61)43(36-65)34-58(52)68-54-25-21-40(33-51(54)64-45-13-5-3-11-38(45)19-27-56(64)68)42-23-29-62-49(31-42)47-15-7-9-17-60(47)70-62/h2-35H. The molecule has 15 rings (SSSR count). The van der Waals surface area contributed by atoms with Gasteiger partial charge in [0.1, 0.15) is 6.07 Å². The van der Waals surface area contributed by atoms with E-state index in [0.717, 1.165) is 87.4 Å². The highest BCUT2D eigenvalue weighted by atomic mass is 32.1. The highest BCUT2D eigenvalue weighted by Crippen LogP contribution is 2.46. The van der Waals surface area contributed by atoms with Crippen molar-refractivity contribution >= 4 is 134 Å². The number of hydrogen-bond acceptors (Lipinski definition) is 3. The normalized spacial score (nSPS) is 12.0. The Morgan fingerprint density at radius 2 is 0.786 bits per heavy atom. The monoisotopic (exact) mass is 922 g/mol. The van der Waals surface area contributed by atoms with Gasteiger partial charge in [-0.1, -0.05) is 121 Å². The first-order valence-electron chi connectivity index (χ1n) is 23.3. The summed E-state index contributed by atoms with van der Waals surface area (Å²) in [4.78, 5) is 4.28. The molecule has 0 unspecified atom stereocenters. The van der Waals surface area contributed by atoms with Gasteiger partial charge in [0.15, 0.2) is 0 Å². The van der Waals surface area contributed by atoms with Crippen LogP contribution >= 0.6 is 22.7 Å². The molecule has 0 N–H and O–H groups in total. The number of benzene rings is 11. The van der Waals surface area contributed by atoms with Crippen molar-refractivity contribution in [3.63, 3.8) is 0 Å². The summed E-state index contributed by atoms with van der Waals surface area (Å²) in [7, 11) is 0. The van der Waals surface area contributed by atoms with Gasteiger partial charge in [-0.25, -0.2) is 4.85 Å². The first-order valence-corrected chi connectivity index (χ1v) is 24.9. The second-order valence-corrected chi connectivity index (χ2v) is 20.4. The topological polar surface area (TPSA) is 38.0 Å². The highest BCUT2D eigenvalue weighted by Gasteiger charge is 2.23. The van der Waals surface area contributed by atoms with E-state index in [2.05, 4.69) is 214 Å². The number of aromatic nitrogens is 2. The van der Waals surface area contributed by atoms with Gasteiger partial charge in [-0.15, -0.1) is 22.7 Å². The fourth-order valence-electron chi connectivity index (χ4n) is 11.4. The number of thiophene rings is 2. The van der Waals surface area contributed by atoms with Crippen molar-refractivity contribution in [2.45, 2.75) is 0 Å². The lowest BCUT2D eigenvalue weighted by Crippen LogP contribution is -2.01. The Kier molecular flexibility index (Phi) is 8.21. The van der Waals surface area contributed by atoms with E-state index in [1.807, 2.05) is 34.8 Å². The molecule has 15 aromatic rings. The smallest absolute Gasteiger partial charge is 0.212 e. The van der Waals surface area contributed by atoms with Gasteiger partial charge in [0.25, 0.3) is 0 Å². The summed E-state index contributed by atoms with van der Waals surface area (Å²) in [6, 6.07) is 76.5. The molecule has 4 nitrogen and oxygen atoms in total. The Morgan fingerprint density at radius 1 is 0.371 bits per heavy atom. The molecule has 0 saturated heterocycles. The molecular formula is C64H34N4S2. The van der Waals surface area contributed by atoms with Crippen LogP contribution in [0.5, 0.6) is 0 Å². The van der Waals surface area contributed by atoms with E-state index in [-0.39, 0.29) is 0 Å². The minimum atomic E-state index is 0.462. The van der Waals surface area contributed by atoms with Crippen LogP contribution in [0.25, 0.3) is 144 Å². The molecule has 0 aliphatic rings. The highest BCUT2D eigenvalue weighted by molar-refractivity contribution is 7.26. The molecule has 6 heteroatoms. The first kappa shape index (κ1) is 39.0. The lowest BCUT2D eigenvalue weighted by atomic mass is 9.99. The maximum Gasteiger partial charge on any atom is 0.212 e. The van der Waals surface area contributed by atoms with Crippen molar-refractivity contribution in [1.29, 1.82) is 5.26 Å².